The summed E-state index contributed by atoms with van der Waals surface area (Å²) < 4.78 is 0. The third kappa shape index (κ3) is 6.76. The lowest BCUT2D eigenvalue weighted by Gasteiger charge is -2.39. The van der Waals surface area contributed by atoms with Gasteiger partial charge in [-0.2, -0.15) is 0 Å². The highest BCUT2D eigenvalue weighted by Gasteiger charge is 2.33. The van der Waals surface area contributed by atoms with Crippen LogP contribution in [0.25, 0.3) is 0 Å². The minimum Gasteiger partial charge on any atom is -0.387 e. The number of amides is 1. The topological polar surface area (TPSA) is 69.8 Å². The zero-order chi connectivity index (χ0) is 16.9. The number of halogens is 2. The van der Waals surface area contributed by atoms with E-state index in [2.05, 4.69) is 4.90 Å². The van der Waals surface area contributed by atoms with Crippen molar-refractivity contribution in [3.63, 3.8) is 0 Å². The molecular weight excluding hydrogens is 361 g/mol. The van der Waals surface area contributed by atoms with E-state index in [0.29, 0.717) is 26.1 Å². The van der Waals surface area contributed by atoms with E-state index in [-0.39, 0.29) is 30.7 Å². The Morgan fingerprint density at radius 3 is 2.28 bits per heavy atom. The molecule has 1 aliphatic rings. The number of carbonyl (C=O) groups excluding carboxylic acids is 1. The molecule has 0 radical (unpaired) electrons. The van der Waals surface area contributed by atoms with E-state index in [9.17, 15) is 9.90 Å². The van der Waals surface area contributed by atoms with Crippen molar-refractivity contribution in [2.75, 3.05) is 32.7 Å². The average Bonchev–Trinajstić information content (AvgIpc) is 2.55. The van der Waals surface area contributed by atoms with Crippen LogP contribution < -0.4 is 5.73 Å². The first-order chi connectivity index (χ1) is 10.9. The second kappa shape index (κ2) is 11.0. The summed E-state index contributed by atoms with van der Waals surface area (Å²) in [5.74, 6) is 0.0441. The Morgan fingerprint density at radius 2 is 1.76 bits per heavy atom. The molecule has 1 saturated heterocycles. The number of hydrogen-bond acceptors (Lipinski definition) is 4. The number of nitrogens with two attached hydrogens (primary N) is 1. The fraction of sp³-hybridized carbons (Fsp3) is 0.611. The molecule has 7 heteroatoms. The molecule has 5 nitrogen and oxygen atoms in total. The Morgan fingerprint density at radius 1 is 1.20 bits per heavy atom. The van der Waals surface area contributed by atoms with Gasteiger partial charge < -0.3 is 15.7 Å². The molecule has 144 valence electrons. The molecular formula is C18H31Cl2N3O2. The van der Waals surface area contributed by atoms with Crippen LogP contribution in [0.2, 0.25) is 0 Å². The van der Waals surface area contributed by atoms with E-state index in [4.69, 9.17) is 5.73 Å². The maximum Gasteiger partial charge on any atom is 0.242 e. The molecule has 1 aliphatic heterocycles. The van der Waals surface area contributed by atoms with E-state index >= 15 is 0 Å². The van der Waals surface area contributed by atoms with Gasteiger partial charge >= 0.3 is 0 Å². The SMILES string of the molecule is CCCC(C)(N)C(=O)N1CCN(CC(O)c2ccccc2)CC1.Cl.Cl. The van der Waals surface area contributed by atoms with Crippen LogP contribution in [0.3, 0.4) is 0 Å². The lowest BCUT2D eigenvalue weighted by molar-refractivity contribution is -0.138. The van der Waals surface area contributed by atoms with Crippen molar-refractivity contribution in [3.8, 4) is 0 Å². The molecule has 1 heterocycles. The highest BCUT2D eigenvalue weighted by molar-refractivity contribution is 5.86. The van der Waals surface area contributed by atoms with Crippen LogP contribution in [0, 0.1) is 0 Å². The molecule has 2 rings (SSSR count). The van der Waals surface area contributed by atoms with E-state index in [1.165, 1.54) is 0 Å². The highest BCUT2D eigenvalue weighted by atomic mass is 35.5. The van der Waals surface area contributed by atoms with E-state index in [1.54, 1.807) is 0 Å². The largest absolute Gasteiger partial charge is 0.387 e. The van der Waals surface area contributed by atoms with Crippen LogP contribution >= 0.6 is 24.8 Å². The number of rotatable bonds is 6. The first-order valence-electron chi connectivity index (χ1n) is 8.47. The van der Waals surface area contributed by atoms with Crippen LogP contribution in [0.5, 0.6) is 0 Å². The normalized spacial score (nSPS) is 18.5. The van der Waals surface area contributed by atoms with Crippen molar-refractivity contribution in [2.45, 2.75) is 38.3 Å². The van der Waals surface area contributed by atoms with Crippen molar-refractivity contribution in [1.29, 1.82) is 0 Å². The summed E-state index contributed by atoms with van der Waals surface area (Å²) in [6.07, 6.45) is 1.12. The quantitative estimate of drug-likeness (QED) is 0.779. The minimum atomic E-state index is -0.763. The van der Waals surface area contributed by atoms with Crippen LogP contribution in [0.1, 0.15) is 38.4 Å². The van der Waals surface area contributed by atoms with E-state index in [1.807, 2.05) is 49.1 Å². The molecule has 0 saturated carbocycles. The van der Waals surface area contributed by atoms with Gasteiger partial charge in [0, 0.05) is 32.7 Å². The second-order valence-electron chi connectivity index (χ2n) is 6.69. The van der Waals surface area contributed by atoms with Gasteiger partial charge in [0.05, 0.1) is 11.6 Å². The fourth-order valence-corrected chi connectivity index (χ4v) is 3.15. The number of β-amino-alcohol motifs (C(OH)–C–C–N with tert-alkyl or cyclic N) is 1. The Bertz CT molecular complexity index is 506. The second-order valence-corrected chi connectivity index (χ2v) is 6.69. The first kappa shape index (κ1) is 24.1. The van der Waals surface area contributed by atoms with Gasteiger partial charge in [0.2, 0.25) is 5.91 Å². The van der Waals surface area contributed by atoms with Crippen molar-refractivity contribution < 1.29 is 9.90 Å². The monoisotopic (exact) mass is 391 g/mol. The number of aliphatic hydroxyl groups excluding tert-OH is 1. The molecule has 0 aromatic heterocycles. The number of hydrogen-bond donors (Lipinski definition) is 2. The van der Waals surface area contributed by atoms with Crippen molar-refractivity contribution >= 4 is 30.7 Å². The predicted octanol–water partition coefficient (Wildman–Crippen LogP) is 2.23. The summed E-state index contributed by atoms with van der Waals surface area (Å²) in [5.41, 5.74) is 6.32. The summed E-state index contributed by atoms with van der Waals surface area (Å²) in [5, 5.41) is 10.3. The summed E-state index contributed by atoms with van der Waals surface area (Å²) in [6.45, 7) is 7.37. The first-order valence-corrected chi connectivity index (χ1v) is 8.47. The van der Waals surface area contributed by atoms with E-state index < -0.39 is 11.6 Å². The van der Waals surface area contributed by atoms with Gasteiger partial charge in [-0.05, 0) is 18.9 Å². The molecule has 0 spiro atoms. The van der Waals surface area contributed by atoms with Crippen LogP contribution in [0.15, 0.2) is 30.3 Å². The molecule has 25 heavy (non-hydrogen) atoms. The van der Waals surface area contributed by atoms with Gasteiger partial charge in [-0.15, -0.1) is 24.8 Å². The summed E-state index contributed by atoms with van der Waals surface area (Å²) in [7, 11) is 0. The number of carbonyl (C=O) groups is 1. The van der Waals surface area contributed by atoms with Crippen molar-refractivity contribution in [2.24, 2.45) is 5.73 Å². The van der Waals surface area contributed by atoms with Gasteiger partial charge in [0.25, 0.3) is 0 Å². The number of piperazine rings is 1. The number of aliphatic hydroxyl groups is 1. The number of benzene rings is 1. The van der Waals surface area contributed by atoms with E-state index in [0.717, 1.165) is 25.1 Å². The molecule has 1 aromatic rings. The Kier molecular flexibility index (Phi) is 10.6. The molecule has 0 aliphatic carbocycles. The molecule has 2 atom stereocenters. The zero-order valence-corrected chi connectivity index (χ0v) is 16.7. The van der Waals surface area contributed by atoms with Crippen LogP contribution in [-0.4, -0.2) is 59.1 Å². The fourth-order valence-electron chi connectivity index (χ4n) is 3.15. The summed E-state index contributed by atoms with van der Waals surface area (Å²) in [4.78, 5) is 16.6. The zero-order valence-electron chi connectivity index (χ0n) is 15.1. The van der Waals surface area contributed by atoms with Gasteiger partial charge in [0.15, 0.2) is 0 Å². The van der Waals surface area contributed by atoms with Crippen molar-refractivity contribution in [1.82, 2.24) is 9.80 Å². The summed E-state index contributed by atoms with van der Waals surface area (Å²) >= 11 is 0. The molecule has 1 fully saturated rings. The van der Waals surface area contributed by atoms with Gasteiger partial charge in [-0.25, -0.2) is 0 Å². The van der Waals surface area contributed by atoms with Crippen molar-refractivity contribution in [3.05, 3.63) is 35.9 Å². The molecule has 2 unspecified atom stereocenters. The maximum absolute atomic E-state index is 12.5. The standard InChI is InChI=1S/C18H29N3O2.2ClH/c1-3-9-18(2,19)17(23)21-12-10-20(11-13-21)14-16(22)15-7-5-4-6-8-15;;/h4-8,16,22H,3,9-14,19H2,1-2H3;2*1H. The van der Waals surface area contributed by atoms with Gasteiger partial charge in [-0.1, -0.05) is 43.7 Å². The third-order valence-electron chi connectivity index (χ3n) is 4.53. The average molecular weight is 392 g/mol. The highest BCUT2D eigenvalue weighted by Crippen LogP contribution is 2.17. The molecule has 1 aromatic carbocycles. The van der Waals surface area contributed by atoms with Gasteiger partial charge in [-0.3, -0.25) is 9.69 Å². The third-order valence-corrected chi connectivity index (χ3v) is 4.53. The van der Waals surface area contributed by atoms with Crippen LogP contribution in [-0.2, 0) is 4.79 Å². The maximum atomic E-state index is 12.5. The summed E-state index contributed by atoms with van der Waals surface area (Å²) in [6, 6.07) is 9.70. The lowest BCUT2D eigenvalue weighted by Crippen LogP contribution is -2.58. The predicted molar refractivity (Wildman–Crippen MR) is 106 cm³/mol. The van der Waals surface area contributed by atoms with Crippen LogP contribution in [0.4, 0.5) is 0 Å². The Labute approximate surface area is 163 Å². The molecule has 1 amide bonds. The Hall–Kier alpha value is -0.850. The van der Waals surface area contributed by atoms with Gasteiger partial charge in [0.1, 0.15) is 0 Å². The molecule has 0 bridgehead atoms. The lowest BCUT2D eigenvalue weighted by atomic mass is 9.95. The molecule has 3 N–H and O–H groups in total. The Balaban J connectivity index is 0.00000288. The number of nitrogens with zero attached hydrogens (tertiary/aromatic N) is 2. The minimum absolute atomic E-state index is 0. The smallest absolute Gasteiger partial charge is 0.242 e.